The summed E-state index contributed by atoms with van der Waals surface area (Å²) in [6.07, 6.45) is 4.48. The molecule has 0 unspecified atom stereocenters. The maximum atomic E-state index is 2.37. The molecule has 0 radical (unpaired) electrons. The third-order valence-electron chi connectivity index (χ3n) is 4.78. The minimum absolute atomic E-state index is 0.167. The average Bonchev–Trinajstić information content (AvgIpc) is 2.60. The second kappa shape index (κ2) is 8.56. The second-order valence-electron chi connectivity index (χ2n) is 9.22. The van der Waals surface area contributed by atoms with E-state index in [0.717, 1.165) is 13.1 Å². The zero-order valence-electron chi connectivity index (χ0n) is 18.4. The van der Waals surface area contributed by atoms with E-state index in [2.05, 4.69) is 109 Å². The molecule has 1 aromatic carbocycles. The van der Waals surface area contributed by atoms with E-state index in [1.807, 2.05) is 11.3 Å². The van der Waals surface area contributed by atoms with Gasteiger partial charge in [-0.1, -0.05) is 65.8 Å². The van der Waals surface area contributed by atoms with Gasteiger partial charge in [-0.25, -0.2) is 0 Å². The zero-order chi connectivity index (χ0) is 20.2. The number of nitrogens with zero attached hydrogens (tertiary/aromatic N) is 1. The summed E-state index contributed by atoms with van der Waals surface area (Å²) in [6.45, 7) is 20.3. The van der Waals surface area contributed by atoms with Crippen molar-refractivity contribution in [2.45, 2.75) is 66.2 Å². The van der Waals surface area contributed by atoms with Gasteiger partial charge in [0.15, 0.2) is 0 Å². The molecule has 0 bridgehead atoms. The van der Waals surface area contributed by atoms with Gasteiger partial charge in [0.2, 0.25) is 21.1 Å². The van der Waals surface area contributed by atoms with Crippen molar-refractivity contribution in [1.29, 1.82) is 0 Å². The molecular weight excluding hydrogens is 346 g/mol. The van der Waals surface area contributed by atoms with Crippen molar-refractivity contribution in [3.05, 3.63) is 57.3 Å². The number of rotatable bonds is 5. The minimum Gasteiger partial charge on any atom is -0.372 e. The lowest BCUT2D eigenvalue weighted by molar-refractivity contribution is 0.593. The van der Waals surface area contributed by atoms with E-state index in [4.69, 9.17) is 0 Å². The van der Waals surface area contributed by atoms with Crippen LogP contribution in [0.3, 0.4) is 0 Å². The normalized spacial score (nSPS) is 12.6. The molecule has 0 saturated carbocycles. The van der Waals surface area contributed by atoms with Gasteiger partial charge in [-0.3, -0.25) is 0 Å². The van der Waals surface area contributed by atoms with Gasteiger partial charge < -0.3 is 4.90 Å². The standard InChI is InChI=1S/C25H36NS/c1-9-26(10-2)21-15-13-19(14-16-21)11-12-20-17-22(24(3,4)5)27-23(18-20)25(6,7)8/h11-18H,9-10H2,1-8H3/q+1/b12-11+. The summed E-state index contributed by atoms with van der Waals surface area (Å²) in [7, 11) is 0. The fourth-order valence-corrected chi connectivity index (χ4v) is 4.17. The van der Waals surface area contributed by atoms with Crippen LogP contribution in [-0.2, 0) is 10.8 Å². The lowest BCUT2D eigenvalue weighted by Crippen LogP contribution is -2.21. The highest BCUT2D eigenvalue weighted by Crippen LogP contribution is 2.35. The second-order valence-corrected chi connectivity index (χ2v) is 10.3. The van der Waals surface area contributed by atoms with Crippen molar-refractivity contribution in [3.63, 3.8) is 0 Å². The van der Waals surface area contributed by atoms with Gasteiger partial charge >= 0.3 is 0 Å². The van der Waals surface area contributed by atoms with Crippen molar-refractivity contribution < 1.29 is 0 Å². The Kier molecular flexibility index (Phi) is 6.86. The molecule has 0 aliphatic carbocycles. The SMILES string of the molecule is CCN(CC)c1ccc(/C=C/c2cc(C(C)(C)C)[s+]c(C(C)(C)C)c2)cc1. The van der Waals surface area contributed by atoms with Gasteiger partial charge in [-0.05, 0) is 37.1 Å². The smallest absolute Gasteiger partial charge is 0.219 e. The highest BCUT2D eigenvalue weighted by atomic mass is 32.1. The average molecular weight is 383 g/mol. The summed E-state index contributed by atoms with van der Waals surface area (Å²) < 4.78 is 0. The molecular formula is C25H36NS+. The Hall–Kier alpha value is -1.67. The molecule has 1 nitrogen and oxygen atoms in total. The highest BCUT2D eigenvalue weighted by Gasteiger charge is 2.31. The van der Waals surface area contributed by atoms with Crippen molar-refractivity contribution in [2.75, 3.05) is 18.0 Å². The lowest BCUT2D eigenvalue weighted by Gasteiger charge is -2.20. The summed E-state index contributed by atoms with van der Waals surface area (Å²) >= 11 is 1.94. The summed E-state index contributed by atoms with van der Waals surface area (Å²) in [5, 5.41) is 0. The lowest BCUT2D eigenvalue weighted by atomic mass is 9.91. The van der Waals surface area contributed by atoms with Crippen LogP contribution in [0.25, 0.3) is 12.2 Å². The van der Waals surface area contributed by atoms with Crippen molar-refractivity contribution in [3.8, 4) is 0 Å². The molecule has 2 heteroatoms. The van der Waals surface area contributed by atoms with Crippen molar-refractivity contribution >= 4 is 29.2 Å². The fraction of sp³-hybridized carbons (Fsp3) is 0.480. The zero-order valence-corrected chi connectivity index (χ0v) is 19.2. The Morgan fingerprint density at radius 3 is 1.59 bits per heavy atom. The third-order valence-corrected chi connectivity index (χ3v) is 6.68. The monoisotopic (exact) mass is 382 g/mol. The molecule has 0 fully saturated rings. The van der Waals surface area contributed by atoms with Crippen LogP contribution in [0.5, 0.6) is 0 Å². The first-order chi connectivity index (χ1) is 12.5. The van der Waals surface area contributed by atoms with Crippen LogP contribution < -0.4 is 4.90 Å². The van der Waals surface area contributed by atoms with Gasteiger partial charge in [0.1, 0.15) is 0 Å². The molecule has 1 heterocycles. The molecule has 0 saturated heterocycles. The number of anilines is 1. The first-order valence-corrected chi connectivity index (χ1v) is 10.9. The summed E-state index contributed by atoms with van der Waals surface area (Å²) in [6, 6.07) is 13.6. The van der Waals surface area contributed by atoms with E-state index in [9.17, 15) is 0 Å². The van der Waals surface area contributed by atoms with E-state index < -0.39 is 0 Å². The number of benzene rings is 1. The maximum Gasteiger partial charge on any atom is 0.219 e. The molecule has 0 amide bonds. The van der Waals surface area contributed by atoms with Gasteiger partial charge in [0, 0.05) is 41.7 Å². The molecule has 27 heavy (non-hydrogen) atoms. The first-order valence-electron chi connectivity index (χ1n) is 10.1. The topological polar surface area (TPSA) is 3.24 Å². The minimum atomic E-state index is 0.167. The Morgan fingerprint density at radius 1 is 0.741 bits per heavy atom. The Labute approximate surface area is 170 Å². The van der Waals surface area contributed by atoms with Gasteiger partial charge in [-0.15, -0.1) is 0 Å². The first kappa shape index (κ1) is 21.6. The molecule has 0 atom stereocenters. The van der Waals surface area contributed by atoms with Crippen LogP contribution in [0.2, 0.25) is 0 Å². The molecule has 2 rings (SSSR count). The Balaban J connectivity index is 2.33. The van der Waals surface area contributed by atoms with Crippen molar-refractivity contribution in [2.24, 2.45) is 0 Å². The quantitative estimate of drug-likeness (QED) is 0.480. The van der Waals surface area contributed by atoms with Gasteiger partial charge in [0.25, 0.3) is 0 Å². The molecule has 0 aliphatic heterocycles. The fourth-order valence-electron chi connectivity index (χ4n) is 2.93. The predicted octanol–water partition coefficient (Wildman–Crippen LogP) is 7.64. The van der Waals surface area contributed by atoms with Crippen LogP contribution in [0.15, 0.2) is 36.4 Å². The summed E-state index contributed by atoms with van der Waals surface area (Å²) in [5.74, 6) is 0. The number of hydrogen-bond donors (Lipinski definition) is 0. The predicted molar refractivity (Wildman–Crippen MR) is 125 cm³/mol. The van der Waals surface area contributed by atoms with E-state index in [-0.39, 0.29) is 10.8 Å². The molecule has 0 N–H and O–H groups in total. The molecule has 146 valence electrons. The van der Waals surface area contributed by atoms with Crippen molar-refractivity contribution in [1.82, 2.24) is 0 Å². The maximum absolute atomic E-state index is 2.37. The Bertz CT molecular complexity index is 737. The van der Waals surface area contributed by atoms with Gasteiger partial charge in [-0.2, -0.15) is 0 Å². The Morgan fingerprint density at radius 2 is 1.19 bits per heavy atom. The van der Waals surface area contributed by atoms with E-state index in [0.29, 0.717) is 0 Å². The third kappa shape index (κ3) is 5.90. The number of hydrogen-bond acceptors (Lipinski definition) is 1. The van der Waals surface area contributed by atoms with E-state index in [1.165, 1.54) is 26.6 Å². The largest absolute Gasteiger partial charge is 0.372 e. The summed E-state index contributed by atoms with van der Waals surface area (Å²) in [4.78, 5) is 5.25. The van der Waals surface area contributed by atoms with Crippen LogP contribution in [0.1, 0.15) is 76.3 Å². The van der Waals surface area contributed by atoms with Gasteiger partial charge in [0.05, 0.1) is 0 Å². The van der Waals surface area contributed by atoms with Crippen LogP contribution in [0.4, 0.5) is 5.69 Å². The molecule has 0 aliphatic rings. The molecule has 0 spiro atoms. The van der Waals surface area contributed by atoms with Crippen LogP contribution >= 0.6 is 11.3 Å². The highest BCUT2D eigenvalue weighted by molar-refractivity contribution is 7.12. The van der Waals surface area contributed by atoms with E-state index >= 15 is 0 Å². The van der Waals surface area contributed by atoms with Crippen LogP contribution in [-0.4, -0.2) is 13.1 Å². The summed E-state index contributed by atoms with van der Waals surface area (Å²) in [5.41, 5.74) is 4.16. The molecule has 2 aromatic rings. The molecule has 1 aromatic heterocycles. The van der Waals surface area contributed by atoms with E-state index in [1.54, 1.807) is 0 Å². The van der Waals surface area contributed by atoms with Crippen LogP contribution in [0, 0.1) is 0 Å².